The standard InChI is InChI=1S/C14H26N2O/c1-3-15(4-2)8-9-16-12-6-5-7-13(16)11-14(17)10-12/h12-13H,3-11H2,1-2H3. The summed E-state index contributed by atoms with van der Waals surface area (Å²) in [5.41, 5.74) is 0. The van der Waals surface area contributed by atoms with Gasteiger partial charge in [0.25, 0.3) is 0 Å². The van der Waals surface area contributed by atoms with Crippen molar-refractivity contribution in [2.24, 2.45) is 0 Å². The van der Waals surface area contributed by atoms with Crippen LogP contribution in [0.1, 0.15) is 46.0 Å². The Morgan fingerprint density at radius 2 is 1.76 bits per heavy atom. The van der Waals surface area contributed by atoms with Crippen LogP contribution in [0.15, 0.2) is 0 Å². The molecular weight excluding hydrogens is 212 g/mol. The molecule has 2 heterocycles. The molecule has 2 rings (SSSR count). The highest BCUT2D eigenvalue weighted by atomic mass is 16.1. The van der Waals surface area contributed by atoms with Crippen LogP contribution in [0.2, 0.25) is 0 Å². The number of carbonyl (C=O) groups is 1. The second kappa shape index (κ2) is 5.96. The van der Waals surface area contributed by atoms with Crippen molar-refractivity contribution < 1.29 is 4.79 Å². The summed E-state index contributed by atoms with van der Waals surface area (Å²) in [6.45, 7) is 9.05. The van der Waals surface area contributed by atoms with Crippen molar-refractivity contribution in [3.8, 4) is 0 Å². The molecule has 0 aromatic carbocycles. The third kappa shape index (κ3) is 3.08. The largest absolute Gasteiger partial charge is 0.303 e. The molecule has 0 radical (unpaired) electrons. The van der Waals surface area contributed by atoms with Gasteiger partial charge in [0, 0.05) is 38.0 Å². The Bertz CT molecular complexity index is 247. The zero-order valence-corrected chi connectivity index (χ0v) is 11.3. The molecule has 0 spiro atoms. The molecule has 0 aromatic heterocycles. The first-order valence-corrected chi connectivity index (χ1v) is 7.24. The van der Waals surface area contributed by atoms with E-state index in [4.69, 9.17) is 0 Å². The number of nitrogens with zero attached hydrogens (tertiary/aromatic N) is 2. The van der Waals surface area contributed by atoms with E-state index in [0.29, 0.717) is 17.9 Å². The number of fused-ring (bicyclic) bond motifs is 2. The second-order valence-corrected chi connectivity index (χ2v) is 5.45. The third-order valence-corrected chi connectivity index (χ3v) is 4.51. The van der Waals surface area contributed by atoms with Gasteiger partial charge in [0.1, 0.15) is 5.78 Å². The first-order chi connectivity index (χ1) is 8.24. The third-order valence-electron chi connectivity index (χ3n) is 4.51. The molecule has 2 bridgehead atoms. The average Bonchev–Trinajstić information content (AvgIpc) is 2.30. The van der Waals surface area contributed by atoms with Gasteiger partial charge in [-0.05, 0) is 25.9 Å². The number of hydrogen-bond donors (Lipinski definition) is 0. The summed E-state index contributed by atoms with van der Waals surface area (Å²) in [6.07, 6.45) is 5.43. The van der Waals surface area contributed by atoms with Gasteiger partial charge in [-0.3, -0.25) is 9.69 Å². The molecule has 0 N–H and O–H groups in total. The fourth-order valence-corrected chi connectivity index (χ4v) is 3.43. The molecule has 2 aliphatic heterocycles. The average molecular weight is 238 g/mol. The minimum atomic E-state index is 0.499. The van der Waals surface area contributed by atoms with Crippen molar-refractivity contribution in [1.29, 1.82) is 0 Å². The van der Waals surface area contributed by atoms with E-state index in [1.807, 2.05) is 0 Å². The van der Waals surface area contributed by atoms with Crippen LogP contribution in [0.25, 0.3) is 0 Å². The number of carbonyl (C=O) groups excluding carboxylic acids is 1. The van der Waals surface area contributed by atoms with E-state index < -0.39 is 0 Å². The maximum Gasteiger partial charge on any atom is 0.136 e. The minimum Gasteiger partial charge on any atom is -0.303 e. The fraction of sp³-hybridized carbons (Fsp3) is 0.929. The minimum absolute atomic E-state index is 0.499. The van der Waals surface area contributed by atoms with Crippen LogP contribution in [0, 0.1) is 0 Å². The maximum absolute atomic E-state index is 11.6. The summed E-state index contributed by atoms with van der Waals surface area (Å²) in [7, 11) is 0. The molecule has 2 aliphatic rings. The lowest BCUT2D eigenvalue weighted by atomic mass is 9.84. The van der Waals surface area contributed by atoms with E-state index in [2.05, 4.69) is 23.6 Å². The number of rotatable bonds is 5. The molecule has 2 saturated heterocycles. The zero-order valence-electron chi connectivity index (χ0n) is 11.3. The summed E-state index contributed by atoms with van der Waals surface area (Å²) < 4.78 is 0. The van der Waals surface area contributed by atoms with Crippen molar-refractivity contribution in [1.82, 2.24) is 9.80 Å². The van der Waals surface area contributed by atoms with Gasteiger partial charge in [-0.25, -0.2) is 0 Å². The first kappa shape index (κ1) is 13.0. The van der Waals surface area contributed by atoms with Crippen molar-refractivity contribution in [2.45, 2.75) is 58.0 Å². The first-order valence-electron chi connectivity index (χ1n) is 7.24. The highest BCUT2D eigenvalue weighted by molar-refractivity contribution is 5.80. The number of hydrogen-bond acceptors (Lipinski definition) is 3. The van der Waals surface area contributed by atoms with Crippen LogP contribution in [0.3, 0.4) is 0 Å². The van der Waals surface area contributed by atoms with E-state index in [-0.39, 0.29) is 0 Å². The lowest BCUT2D eigenvalue weighted by Gasteiger charge is -2.46. The lowest BCUT2D eigenvalue weighted by Crippen LogP contribution is -2.54. The normalized spacial score (nSPS) is 29.9. The second-order valence-electron chi connectivity index (χ2n) is 5.45. The van der Waals surface area contributed by atoms with E-state index in [1.165, 1.54) is 19.3 Å². The molecule has 0 amide bonds. The quantitative estimate of drug-likeness (QED) is 0.731. The van der Waals surface area contributed by atoms with E-state index in [9.17, 15) is 4.79 Å². The lowest BCUT2D eigenvalue weighted by molar-refractivity contribution is -0.127. The van der Waals surface area contributed by atoms with Crippen LogP contribution in [0.5, 0.6) is 0 Å². The van der Waals surface area contributed by atoms with Crippen molar-refractivity contribution in [2.75, 3.05) is 26.2 Å². The highest BCUT2D eigenvalue weighted by Gasteiger charge is 2.36. The summed E-state index contributed by atoms with van der Waals surface area (Å²) in [5.74, 6) is 0.499. The van der Waals surface area contributed by atoms with Crippen LogP contribution in [-0.4, -0.2) is 53.8 Å². The predicted octanol–water partition coefficient (Wildman–Crippen LogP) is 1.91. The van der Waals surface area contributed by atoms with E-state index in [1.54, 1.807) is 0 Å². The zero-order chi connectivity index (χ0) is 12.3. The Morgan fingerprint density at radius 3 is 2.29 bits per heavy atom. The smallest absolute Gasteiger partial charge is 0.136 e. The summed E-state index contributed by atoms with van der Waals surface area (Å²) in [6, 6.07) is 1.12. The van der Waals surface area contributed by atoms with Crippen molar-refractivity contribution in [3.05, 3.63) is 0 Å². The van der Waals surface area contributed by atoms with Crippen LogP contribution < -0.4 is 0 Å². The van der Waals surface area contributed by atoms with Gasteiger partial charge in [-0.2, -0.15) is 0 Å². The molecule has 2 atom stereocenters. The Hall–Kier alpha value is -0.410. The monoisotopic (exact) mass is 238 g/mol. The van der Waals surface area contributed by atoms with Gasteiger partial charge in [0.05, 0.1) is 0 Å². The summed E-state index contributed by atoms with van der Waals surface area (Å²) >= 11 is 0. The highest BCUT2D eigenvalue weighted by Crippen LogP contribution is 2.31. The molecule has 98 valence electrons. The number of piperidine rings is 2. The molecular formula is C14H26N2O. The van der Waals surface area contributed by atoms with Gasteiger partial charge in [-0.1, -0.05) is 20.3 Å². The Labute approximate surface area is 105 Å². The van der Waals surface area contributed by atoms with Crippen LogP contribution in [0.4, 0.5) is 0 Å². The predicted molar refractivity (Wildman–Crippen MR) is 70.2 cm³/mol. The Morgan fingerprint density at radius 1 is 1.18 bits per heavy atom. The van der Waals surface area contributed by atoms with Gasteiger partial charge in [-0.15, -0.1) is 0 Å². The molecule has 17 heavy (non-hydrogen) atoms. The molecule has 3 nitrogen and oxygen atoms in total. The van der Waals surface area contributed by atoms with Gasteiger partial charge in [0.15, 0.2) is 0 Å². The van der Waals surface area contributed by atoms with Crippen molar-refractivity contribution in [3.63, 3.8) is 0 Å². The number of Topliss-reactive ketones (excluding diaryl/α,β-unsaturated/α-hetero) is 1. The van der Waals surface area contributed by atoms with Gasteiger partial charge in [0.2, 0.25) is 0 Å². The fourth-order valence-electron chi connectivity index (χ4n) is 3.43. The van der Waals surface area contributed by atoms with Gasteiger partial charge < -0.3 is 4.90 Å². The SMILES string of the molecule is CCN(CC)CCN1C2CCCC1CC(=O)C2. The molecule has 2 fully saturated rings. The Balaban J connectivity index is 1.89. The van der Waals surface area contributed by atoms with Crippen LogP contribution >= 0.6 is 0 Å². The Kier molecular flexibility index (Phi) is 4.57. The number of ketones is 1. The summed E-state index contributed by atoms with van der Waals surface area (Å²) in [5, 5.41) is 0. The molecule has 0 saturated carbocycles. The molecule has 3 heteroatoms. The molecule has 2 unspecified atom stereocenters. The van der Waals surface area contributed by atoms with Crippen molar-refractivity contribution >= 4 is 5.78 Å². The maximum atomic E-state index is 11.6. The summed E-state index contributed by atoms with van der Waals surface area (Å²) in [4.78, 5) is 16.7. The van der Waals surface area contributed by atoms with E-state index >= 15 is 0 Å². The van der Waals surface area contributed by atoms with E-state index in [0.717, 1.165) is 39.0 Å². The topological polar surface area (TPSA) is 23.6 Å². The van der Waals surface area contributed by atoms with Crippen LogP contribution in [-0.2, 0) is 4.79 Å². The number of likely N-dealkylation sites (N-methyl/N-ethyl adjacent to an activating group) is 1. The molecule has 0 aromatic rings. The molecule has 0 aliphatic carbocycles. The van der Waals surface area contributed by atoms with Gasteiger partial charge >= 0.3 is 0 Å².